The summed E-state index contributed by atoms with van der Waals surface area (Å²) in [5.74, 6) is 1.19. The molecule has 0 bridgehead atoms. The molecule has 3 aliphatic rings. The van der Waals surface area contributed by atoms with Gasteiger partial charge in [-0.2, -0.15) is 0 Å². The van der Waals surface area contributed by atoms with Crippen molar-refractivity contribution in [1.29, 1.82) is 0 Å². The second-order valence-electron chi connectivity index (χ2n) is 8.76. The first-order valence-corrected chi connectivity index (χ1v) is 11.7. The van der Waals surface area contributed by atoms with E-state index in [-0.39, 0.29) is 29.8 Å². The molecule has 2 amide bonds. The van der Waals surface area contributed by atoms with Gasteiger partial charge in [-0.05, 0) is 37.3 Å². The van der Waals surface area contributed by atoms with Crippen LogP contribution in [0, 0.1) is 11.8 Å². The predicted octanol–water partition coefficient (Wildman–Crippen LogP) is 3.50. The summed E-state index contributed by atoms with van der Waals surface area (Å²) in [7, 11) is 1.31. The fourth-order valence-corrected chi connectivity index (χ4v) is 5.26. The van der Waals surface area contributed by atoms with Crippen LogP contribution in [0.2, 0.25) is 0 Å². The summed E-state index contributed by atoms with van der Waals surface area (Å²) >= 11 is 3.50. The summed E-state index contributed by atoms with van der Waals surface area (Å²) in [5.41, 5.74) is 2.13. The first kappa shape index (κ1) is 22.0. The number of halogens is 1. The van der Waals surface area contributed by atoms with Crippen LogP contribution in [-0.2, 0) is 14.3 Å². The molecule has 3 heterocycles. The van der Waals surface area contributed by atoms with Crippen LogP contribution in [0.1, 0.15) is 38.7 Å². The maximum Gasteiger partial charge on any atom is 0.407 e. The number of hydrogen-bond acceptors (Lipinski definition) is 5. The van der Waals surface area contributed by atoms with Crippen molar-refractivity contribution in [2.45, 2.75) is 51.2 Å². The van der Waals surface area contributed by atoms with Crippen LogP contribution in [0.5, 0.6) is 0 Å². The Hall–Kier alpha value is -2.22. The van der Waals surface area contributed by atoms with Crippen molar-refractivity contribution in [3.8, 4) is 0 Å². The number of hydrogen-bond donors (Lipinski definition) is 2. The van der Waals surface area contributed by atoms with Gasteiger partial charge in [0.2, 0.25) is 5.91 Å². The van der Waals surface area contributed by atoms with Gasteiger partial charge in [-0.25, -0.2) is 4.79 Å². The number of nitrogens with zero attached hydrogens (tertiary/aromatic N) is 1. The molecule has 2 saturated heterocycles. The monoisotopic (exact) mass is 491 g/mol. The molecule has 0 radical (unpaired) electrons. The smallest absolute Gasteiger partial charge is 0.407 e. The van der Waals surface area contributed by atoms with Crippen molar-refractivity contribution in [3.05, 3.63) is 40.1 Å². The van der Waals surface area contributed by atoms with Gasteiger partial charge in [-0.15, -0.1) is 0 Å². The fraction of sp³-hybridized carbons (Fsp3) is 0.565. The number of amides is 2. The Morgan fingerprint density at radius 1 is 1.26 bits per heavy atom. The zero-order valence-electron chi connectivity index (χ0n) is 18.2. The molecule has 1 aromatic rings. The number of carbonyl (C=O) groups is 2. The molecule has 0 aromatic heterocycles. The molecule has 4 atom stereocenters. The lowest BCUT2D eigenvalue weighted by Crippen LogP contribution is -2.56. The van der Waals surface area contributed by atoms with Gasteiger partial charge >= 0.3 is 6.09 Å². The van der Waals surface area contributed by atoms with Gasteiger partial charge in [-0.1, -0.05) is 41.9 Å². The standard InChI is InChI=1S/C23H30BrN3O4/c1-13(2)18(26-23(29)30-3)22(28)27-11-4-5-17(27)20-16-10-12-31-21(16)19(25-20)14-6-8-15(24)9-7-14/h6-9,13,16-18,20,25H,4-5,10-12H2,1-3H3,(H,26,29)/t16?,17-,18+,20?/m1/s1. The normalized spacial score (nSPS) is 25.8. The highest BCUT2D eigenvalue weighted by Crippen LogP contribution is 2.42. The van der Waals surface area contributed by atoms with E-state index < -0.39 is 12.1 Å². The Kier molecular flexibility index (Phi) is 6.46. The molecule has 3 aliphatic heterocycles. The number of methoxy groups -OCH3 is 1. The second kappa shape index (κ2) is 9.10. The molecule has 1 aromatic carbocycles. The molecule has 8 heteroatoms. The summed E-state index contributed by atoms with van der Waals surface area (Å²) < 4.78 is 11.8. The minimum Gasteiger partial charge on any atom is -0.495 e. The number of ether oxygens (including phenoxy) is 2. The van der Waals surface area contributed by atoms with Crippen LogP contribution in [0.15, 0.2) is 34.5 Å². The molecule has 0 saturated carbocycles. The van der Waals surface area contributed by atoms with E-state index >= 15 is 0 Å². The van der Waals surface area contributed by atoms with Gasteiger partial charge in [0.1, 0.15) is 11.8 Å². The molecule has 2 N–H and O–H groups in total. The Morgan fingerprint density at radius 2 is 2.00 bits per heavy atom. The Morgan fingerprint density at radius 3 is 2.68 bits per heavy atom. The van der Waals surface area contributed by atoms with E-state index in [0.717, 1.165) is 40.8 Å². The summed E-state index contributed by atoms with van der Waals surface area (Å²) in [6, 6.07) is 7.77. The maximum atomic E-state index is 13.5. The number of benzene rings is 1. The van der Waals surface area contributed by atoms with Crippen molar-refractivity contribution in [2.24, 2.45) is 11.8 Å². The number of carbonyl (C=O) groups excluding carboxylic acids is 2. The largest absolute Gasteiger partial charge is 0.495 e. The van der Waals surface area contributed by atoms with E-state index in [1.807, 2.05) is 30.9 Å². The third-order valence-electron chi connectivity index (χ3n) is 6.54. The molecular formula is C23H30BrN3O4. The summed E-state index contributed by atoms with van der Waals surface area (Å²) in [6.07, 6.45) is 2.25. The highest BCUT2D eigenvalue weighted by Gasteiger charge is 2.48. The van der Waals surface area contributed by atoms with E-state index in [1.54, 1.807) is 0 Å². The number of fused-ring (bicyclic) bond motifs is 1. The summed E-state index contributed by atoms with van der Waals surface area (Å²) in [4.78, 5) is 27.2. The Bertz CT molecular complexity index is 870. The number of likely N-dealkylation sites (tertiary alicyclic amines) is 1. The summed E-state index contributed by atoms with van der Waals surface area (Å²) in [6.45, 7) is 5.28. The molecule has 4 rings (SSSR count). The van der Waals surface area contributed by atoms with Crippen molar-refractivity contribution in [2.75, 3.05) is 20.3 Å². The predicted molar refractivity (Wildman–Crippen MR) is 121 cm³/mol. The average molecular weight is 492 g/mol. The third-order valence-corrected chi connectivity index (χ3v) is 7.06. The number of nitrogens with one attached hydrogen (secondary N) is 2. The molecular weight excluding hydrogens is 462 g/mol. The van der Waals surface area contributed by atoms with E-state index in [0.29, 0.717) is 13.2 Å². The lowest BCUT2D eigenvalue weighted by atomic mass is 9.91. The van der Waals surface area contributed by atoms with Crippen molar-refractivity contribution >= 4 is 33.6 Å². The minimum absolute atomic E-state index is 0.0359. The van der Waals surface area contributed by atoms with E-state index in [4.69, 9.17) is 9.47 Å². The summed E-state index contributed by atoms with van der Waals surface area (Å²) in [5, 5.41) is 6.44. The van der Waals surface area contributed by atoms with Crippen LogP contribution in [0.25, 0.3) is 5.70 Å². The van der Waals surface area contributed by atoms with Crippen LogP contribution >= 0.6 is 15.9 Å². The van der Waals surface area contributed by atoms with Crippen LogP contribution in [0.4, 0.5) is 4.79 Å². The number of rotatable bonds is 5. The van der Waals surface area contributed by atoms with Gasteiger partial charge in [-0.3, -0.25) is 4.79 Å². The van der Waals surface area contributed by atoms with Gasteiger partial charge < -0.3 is 25.0 Å². The van der Waals surface area contributed by atoms with Crippen molar-refractivity contribution in [1.82, 2.24) is 15.5 Å². The van der Waals surface area contributed by atoms with Crippen LogP contribution < -0.4 is 10.6 Å². The van der Waals surface area contributed by atoms with E-state index in [2.05, 4.69) is 38.7 Å². The first-order valence-electron chi connectivity index (χ1n) is 10.9. The molecule has 168 valence electrons. The zero-order chi connectivity index (χ0) is 22.1. The second-order valence-corrected chi connectivity index (χ2v) is 9.67. The van der Waals surface area contributed by atoms with E-state index in [1.165, 1.54) is 7.11 Å². The minimum atomic E-state index is -0.604. The fourth-order valence-electron chi connectivity index (χ4n) is 5.00. The lowest BCUT2D eigenvalue weighted by Gasteiger charge is -2.35. The average Bonchev–Trinajstić information content (AvgIpc) is 3.48. The zero-order valence-corrected chi connectivity index (χ0v) is 19.8. The van der Waals surface area contributed by atoms with Gasteiger partial charge in [0.15, 0.2) is 0 Å². The van der Waals surface area contributed by atoms with Crippen LogP contribution in [0.3, 0.4) is 0 Å². The van der Waals surface area contributed by atoms with Gasteiger partial charge in [0.05, 0.1) is 31.5 Å². The molecule has 7 nitrogen and oxygen atoms in total. The molecule has 2 fully saturated rings. The molecule has 31 heavy (non-hydrogen) atoms. The van der Waals surface area contributed by atoms with Gasteiger partial charge in [0.25, 0.3) is 0 Å². The lowest BCUT2D eigenvalue weighted by molar-refractivity contribution is -0.135. The topological polar surface area (TPSA) is 79.9 Å². The Labute approximate surface area is 191 Å². The molecule has 2 unspecified atom stereocenters. The van der Waals surface area contributed by atoms with Crippen molar-refractivity contribution in [3.63, 3.8) is 0 Å². The SMILES string of the molecule is COC(=O)N[C@H](C(=O)N1CCC[C@@H]1C1NC(c2ccc(Br)cc2)=C2OCCC21)C(C)C. The van der Waals surface area contributed by atoms with Crippen LogP contribution in [-0.4, -0.2) is 55.3 Å². The highest BCUT2D eigenvalue weighted by molar-refractivity contribution is 9.10. The number of alkyl carbamates (subject to hydrolysis) is 1. The highest BCUT2D eigenvalue weighted by atomic mass is 79.9. The van der Waals surface area contributed by atoms with E-state index in [9.17, 15) is 9.59 Å². The van der Waals surface area contributed by atoms with Gasteiger partial charge in [0, 0.05) is 22.5 Å². The quantitative estimate of drug-likeness (QED) is 0.658. The van der Waals surface area contributed by atoms with Crippen molar-refractivity contribution < 1.29 is 19.1 Å². The maximum absolute atomic E-state index is 13.5. The molecule has 0 aliphatic carbocycles. The third kappa shape index (κ3) is 4.27. The molecule has 0 spiro atoms. The Balaban J connectivity index is 1.55. The first-order chi connectivity index (χ1) is 14.9.